The van der Waals surface area contributed by atoms with Crippen LogP contribution in [-0.4, -0.2) is 77.2 Å². The summed E-state index contributed by atoms with van der Waals surface area (Å²) in [5.41, 5.74) is 2.13. The van der Waals surface area contributed by atoms with E-state index in [2.05, 4.69) is 37.8 Å². The summed E-state index contributed by atoms with van der Waals surface area (Å²) >= 11 is 0. The van der Waals surface area contributed by atoms with E-state index in [1.54, 1.807) is 0 Å². The molecule has 2 fully saturated rings. The van der Waals surface area contributed by atoms with Crippen molar-refractivity contribution in [2.45, 2.75) is 32.0 Å². The van der Waals surface area contributed by atoms with Crippen LogP contribution >= 0.6 is 0 Å². The van der Waals surface area contributed by atoms with Gasteiger partial charge < -0.3 is 14.5 Å². The predicted octanol–water partition coefficient (Wildman–Crippen LogP) is 1.80. The number of nitrogens with zero attached hydrogens (tertiary/aromatic N) is 6. The highest BCUT2D eigenvalue weighted by atomic mass is 16.5. The van der Waals surface area contributed by atoms with Gasteiger partial charge in [-0.15, -0.1) is 0 Å². The van der Waals surface area contributed by atoms with Crippen molar-refractivity contribution >= 4 is 5.95 Å². The van der Waals surface area contributed by atoms with Crippen molar-refractivity contribution < 1.29 is 4.74 Å². The zero-order valence-corrected chi connectivity index (χ0v) is 16.7. The predicted molar refractivity (Wildman–Crippen MR) is 109 cm³/mol. The molecule has 0 radical (unpaired) electrons. The van der Waals surface area contributed by atoms with Crippen LogP contribution in [0.25, 0.3) is 0 Å². The molecule has 0 bridgehead atoms. The monoisotopic (exact) mass is 382 g/mol. The van der Waals surface area contributed by atoms with Crippen molar-refractivity contribution in [1.29, 1.82) is 0 Å². The number of piperazine rings is 1. The first-order chi connectivity index (χ1) is 13.8. The molecule has 0 spiro atoms. The molecule has 0 amide bonds. The van der Waals surface area contributed by atoms with E-state index in [1.807, 2.05) is 30.6 Å². The second-order valence-corrected chi connectivity index (χ2v) is 7.76. The fraction of sp³-hybridized carbons (Fsp3) is 0.571. The summed E-state index contributed by atoms with van der Waals surface area (Å²) in [6, 6.07) is 8.11. The van der Waals surface area contributed by atoms with Gasteiger partial charge in [-0.1, -0.05) is 6.07 Å². The van der Waals surface area contributed by atoms with Gasteiger partial charge >= 0.3 is 0 Å². The minimum atomic E-state index is 0.308. The molecular formula is C21H30N6O. The molecule has 0 unspecified atom stereocenters. The topological polar surface area (TPSA) is 57.6 Å². The number of hydrogen-bond acceptors (Lipinski definition) is 7. The van der Waals surface area contributed by atoms with Crippen LogP contribution in [0.1, 0.15) is 24.2 Å². The summed E-state index contributed by atoms with van der Waals surface area (Å²) < 4.78 is 5.88. The highest BCUT2D eigenvalue weighted by Crippen LogP contribution is 2.17. The van der Waals surface area contributed by atoms with Crippen molar-refractivity contribution in [3.05, 3.63) is 48.0 Å². The largest absolute Gasteiger partial charge is 0.377 e. The smallest absolute Gasteiger partial charge is 0.225 e. The van der Waals surface area contributed by atoms with E-state index in [0.717, 1.165) is 82.6 Å². The molecule has 0 saturated carbocycles. The Morgan fingerprint density at radius 1 is 1.04 bits per heavy atom. The van der Waals surface area contributed by atoms with Gasteiger partial charge in [-0.3, -0.25) is 9.88 Å². The van der Waals surface area contributed by atoms with Crippen LogP contribution in [0.4, 0.5) is 5.95 Å². The first-order valence-corrected chi connectivity index (χ1v) is 10.3. The van der Waals surface area contributed by atoms with Gasteiger partial charge in [-0.25, -0.2) is 9.97 Å². The van der Waals surface area contributed by atoms with E-state index in [1.165, 1.54) is 0 Å². The third kappa shape index (κ3) is 5.25. The van der Waals surface area contributed by atoms with Gasteiger partial charge in [0.05, 0.1) is 17.5 Å². The van der Waals surface area contributed by atoms with Crippen LogP contribution in [0.15, 0.2) is 36.7 Å². The fourth-order valence-electron chi connectivity index (χ4n) is 3.84. The highest BCUT2D eigenvalue weighted by molar-refractivity contribution is 5.31. The Kier molecular flexibility index (Phi) is 6.46. The molecule has 0 aliphatic carbocycles. The third-order valence-electron chi connectivity index (χ3n) is 5.47. The van der Waals surface area contributed by atoms with Crippen molar-refractivity contribution in [1.82, 2.24) is 24.8 Å². The van der Waals surface area contributed by atoms with Gasteiger partial charge in [0, 0.05) is 64.8 Å². The standard InChI is InChI=1S/C21H30N6O/c1-25-10-12-27(13-11-25)21-23-9-7-19(24-21)16-26(17-20-6-4-14-28-20)15-18-5-2-3-8-22-18/h2-3,5,7-9,20H,4,6,10-17H2,1H3/t20-/m1/s1. The summed E-state index contributed by atoms with van der Waals surface area (Å²) in [6.07, 6.45) is 6.34. The Labute approximate surface area is 167 Å². The van der Waals surface area contributed by atoms with E-state index in [4.69, 9.17) is 9.72 Å². The lowest BCUT2D eigenvalue weighted by atomic mass is 10.2. The molecule has 2 aliphatic rings. The van der Waals surface area contributed by atoms with E-state index in [0.29, 0.717) is 6.10 Å². The summed E-state index contributed by atoms with van der Waals surface area (Å²) in [5, 5.41) is 0. The van der Waals surface area contributed by atoms with Crippen molar-refractivity contribution in [3.8, 4) is 0 Å². The molecule has 2 aromatic rings. The van der Waals surface area contributed by atoms with Gasteiger partial charge in [0.15, 0.2) is 0 Å². The maximum absolute atomic E-state index is 5.88. The zero-order valence-electron chi connectivity index (χ0n) is 16.7. The van der Waals surface area contributed by atoms with Gasteiger partial charge in [-0.2, -0.15) is 0 Å². The lowest BCUT2D eigenvalue weighted by molar-refractivity contribution is 0.0670. The van der Waals surface area contributed by atoms with Gasteiger partial charge in [-0.05, 0) is 38.1 Å². The Hall–Kier alpha value is -2.09. The second kappa shape index (κ2) is 9.41. The minimum Gasteiger partial charge on any atom is -0.377 e. The molecule has 2 aliphatic heterocycles. The maximum atomic E-state index is 5.88. The molecule has 2 saturated heterocycles. The number of aromatic nitrogens is 3. The van der Waals surface area contributed by atoms with Crippen molar-refractivity contribution in [3.63, 3.8) is 0 Å². The average Bonchev–Trinajstić information content (AvgIpc) is 3.22. The van der Waals surface area contributed by atoms with Crippen LogP contribution in [0.2, 0.25) is 0 Å². The van der Waals surface area contributed by atoms with Crippen LogP contribution < -0.4 is 4.90 Å². The van der Waals surface area contributed by atoms with Crippen LogP contribution in [0.3, 0.4) is 0 Å². The lowest BCUT2D eigenvalue weighted by Crippen LogP contribution is -2.45. The second-order valence-electron chi connectivity index (χ2n) is 7.76. The molecule has 2 aromatic heterocycles. The van der Waals surface area contributed by atoms with Crippen molar-refractivity contribution in [2.75, 3.05) is 51.3 Å². The molecule has 28 heavy (non-hydrogen) atoms. The molecule has 150 valence electrons. The van der Waals surface area contributed by atoms with E-state index >= 15 is 0 Å². The Bertz CT molecular complexity index is 729. The van der Waals surface area contributed by atoms with Gasteiger partial charge in [0.25, 0.3) is 0 Å². The van der Waals surface area contributed by atoms with E-state index in [-0.39, 0.29) is 0 Å². The summed E-state index contributed by atoms with van der Waals surface area (Å²) in [6.45, 7) is 7.43. The maximum Gasteiger partial charge on any atom is 0.225 e. The van der Waals surface area contributed by atoms with Crippen LogP contribution in [0, 0.1) is 0 Å². The zero-order chi connectivity index (χ0) is 19.2. The number of ether oxygens (including phenoxy) is 1. The SMILES string of the molecule is CN1CCN(c2nccc(CN(Cc3ccccn3)C[C@H]3CCCO3)n2)CC1. The quantitative estimate of drug-likeness (QED) is 0.724. The average molecular weight is 383 g/mol. The van der Waals surface area contributed by atoms with E-state index in [9.17, 15) is 0 Å². The molecule has 4 heterocycles. The summed E-state index contributed by atoms with van der Waals surface area (Å²) in [4.78, 5) is 20.9. The third-order valence-corrected chi connectivity index (χ3v) is 5.47. The van der Waals surface area contributed by atoms with E-state index < -0.39 is 0 Å². The normalized spacial score (nSPS) is 20.8. The molecule has 7 heteroatoms. The lowest BCUT2D eigenvalue weighted by Gasteiger charge is -2.32. The Balaban J connectivity index is 1.45. The summed E-state index contributed by atoms with van der Waals surface area (Å²) in [5.74, 6) is 0.848. The molecular weight excluding hydrogens is 352 g/mol. The first kappa shape index (κ1) is 19.2. The molecule has 1 atom stereocenters. The number of likely N-dealkylation sites (N-methyl/N-ethyl adjacent to an activating group) is 1. The number of rotatable bonds is 7. The Morgan fingerprint density at radius 3 is 2.64 bits per heavy atom. The molecule has 4 rings (SSSR count). The van der Waals surface area contributed by atoms with Crippen molar-refractivity contribution in [2.24, 2.45) is 0 Å². The fourth-order valence-corrected chi connectivity index (χ4v) is 3.84. The van der Waals surface area contributed by atoms with Gasteiger partial charge in [0.1, 0.15) is 0 Å². The molecule has 7 nitrogen and oxygen atoms in total. The molecule has 0 N–H and O–H groups in total. The number of pyridine rings is 1. The van der Waals surface area contributed by atoms with Crippen LogP contribution in [0.5, 0.6) is 0 Å². The minimum absolute atomic E-state index is 0.308. The van der Waals surface area contributed by atoms with Crippen LogP contribution in [-0.2, 0) is 17.8 Å². The first-order valence-electron chi connectivity index (χ1n) is 10.3. The molecule has 0 aromatic carbocycles. The number of hydrogen-bond donors (Lipinski definition) is 0. The Morgan fingerprint density at radius 2 is 1.89 bits per heavy atom. The number of anilines is 1. The highest BCUT2D eigenvalue weighted by Gasteiger charge is 2.21. The van der Waals surface area contributed by atoms with Gasteiger partial charge in [0.2, 0.25) is 5.95 Å². The summed E-state index contributed by atoms with van der Waals surface area (Å²) in [7, 11) is 2.16.